The molecule has 0 bridgehead atoms. The molecule has 1 amide bonds. The highest BCUT2D eigenvalue weighted by atomic mass is 16.1. The molecule has 1 aliphatic heterocycles. The molecule has 0 atom stereocenters. The Bertz CT molecular complexity index is 857. The molecule has 8 heteroatoms. The van der Waals surface area contributed by atoms with Crippen LogP contribution in [0.5, 0.6) is 0 Å². The Morgan fingerprint density at radius 2 is 1.92 bits per heavy atom. The first kappa shape index (κ1) is 17.5. The molecule has 0 radical (unpaired) electrons. The van der Waals surface area contributed by atoms with Gasteiger partial charge >= 0.3 is 0 Å². The van der Waals surface area contributed by atoms with E-state index in [9.17, 15) is 4.79 Å². The molecule has 0 spiro atoms. The van der Waals surface area contributed by atoms with Crippen LogP contribution < -0.4 is 21.3 Å². The van der Waals surface area contributed by atoms with E-state index in [0.717, 1.165) is 24.6 Å². The quantitative estimate of drug-likeness (QED) is 0.622. The molecule has 26 heavy (non-hydrogen) atoms. The summed E-state index contributed by atoms with van der Waals surface area (Å²) >= 11 is 0. The van der Waals surface area contributed by atoms with Gasteiger partial charge in [-0.05, 0) is 25.0 Å². The molecule has 3 aromatic rings. The van der Waals surface area contributed by atoms with Crippen molar-refractivity contribution in [2.24, 2.45) is 0 Å². The first-order valence-corrected chi connectivity index (χ1v) is 8.55. The lowest BCUT2D eigenvalue weighted by molar-refractivity contribution is -0.105. The van der Waals surface area contributed by atoms with E-state index in [4.69, 9.17) is 5.73 Å². The highest BCUT2D eigenvalue weighted by Crippen LogP contribution is 2.24. The zero-order valence-corrected chi connectivity index (χ0v) is 14.7. The fourth-order valence-corrected chi connectivity index (χ4v) is 2.85. The maximum atomic E-state index is 10.5. The molecule has 3 heterocycles. The van der Waals surface area contributed by atoms with Crippen LogP contribution in [0.1, 0.15) is 12.8 Å². The molecule has 1 saturated heterocycles. The van der Waals surface area contributed by atoms with Crippen molar-refractivity contribution in [2.45, 2.75) is 12.8 Å². The van der Waals surface area contributed by atoms with Crippen LogP contribution in [-0.2, 0) is 4.79 Å². The summed E-state index contributed by atoms with van der Waals surface area (Å²) in [5, 5.41) is 9.70. The molecule has 4 rings (SSSR count). The summed E-state index contributed by atoms with van der Waals surface area (Å²) in [6.07, 6.45) is 4.50. The number of para-hydroxylation sites is 1. The zero-order chi connectivity index (χ0) is 18.4. The molecular formula is C18H23N7O. The number of anilines is 4. The first-order valence-electron chi connectivity index (χ1n) is 8.55. The number of hydrogen-bond acceptors (Lipinski definition) is 6. The van der Waals surface area contributed by atoms with Crippen molar-refractivity contribution >= 4 is 35.1 Å². The third kappa shape index (κ3) is 3.85. The van der Waals surface area contributed by atoms with Crippen LogP contribution in [0.3, 0.4) is 0 Å². The summed E-state index contributed by atoms with van der Waals surface area (Å²) in [6.45, 7) is 1.99. The number of carbonyl (C=O) groups excluding carboxylic acids is 1. The third-order valence-electron chi connectivity index (χ3n) is 4.19. The maximum absolute atomic E-state index is 10.5. The van der Waals surface area contributed by atoms with Crippen molar-refractivity contribution in [1.29, 1.82) is 0 Å². The van der Waals surface area contributed by atoms with E-state index in [1.165, 1.54) is 17.4 Å². The lowest BCUT2D eigenvalue weighted by atomic mass is 10.3. The molecule has 1 aliphatic rings. The lowest BCUT2D eigenvalue weighted by Gasteiger charge is -2.17. The van der Waals surface area contributed by atoms with Crippen LogP contribution in [0.4, 0.5) is 23.0 Å². The predicted octanol–water partition coefficient (Wildman–Crippen LogP) is 2.21. The van der Waals surface area contributed by atoms with Gasteiger partial charge in [0.1, 0.15) is 17.3 Å². The van der Waals surface area contributed by atoms with Gasteiger partial charge in [-0.2, -0.15) is 9.61 Å². The summed E-state index contributed by atoms with van der Waals surface area (Å²) in [5.41, 5.74) is 8.25. The van der Waals surface area contributed by atoms with Crippen LogP contribution in [0, 0.1) is 0 Å². The number of nitrogens with zero attached hydrogens (tertiary/aromatic N) is 4. The van der Waals surface area contributed by atoms with Crippen molar-refractivity contribution in [3.05, 3.63) is 42.6 Å². The van der Waals surface area contributed by atoms with Crippen molar-refractivity contribution < 1.29 is 4.79 Å². The Hall–Kier alpha value is -3.29. The Kier molecular flexibility index (Phi) is 5.52. The molecule has 8 nitrogen and oxygen atoms in total. The van der Waals surface area contributed by atoms with Gasteiger partial charge in [0.2, 0.25) is 6.41 Å². The molecule has 1 fully saturated rings. The van der Waals surface area contributed by atoms with Gasteiger partial charge in [0.05, 0.1) is 6.20 Å². The average Bonchev–Trinajstić information content (AvgIpc) is 3.34. The largest absolute Gasteiger partial charge is 0.388 e. The van der Waals surface area contributed by atoms with Gasteiger partial charge in [-0.1, -0.05) is 18.2 Å². The van der Waals surface area contributed by atoms with Crippen LogP contribution in [0.15, 0.2) is 42.6 Å². The SMILES string of the molecule is CNc1ccccc1.Nc1cc(N2CCCC2)nc2c(NC=O)cnn12. The smallest absolute Gasteiger partial charge is 0.211 e. The molecule has 1 aromatic carbocycles. The van der Waals surface area contributed by atoms with E-state index < -0.39 is 0 Å². The second-order valence-electron chi connectivity index (χ2n) is 5.91. The minimum atomic E-state index is 0.515. The first-order chi connectivity index (χ1) is 12.7. The van der Waals surface area contributed by atoms with E-state index in [1.807, 2.05) is 43.4 Å². The highest BCUT2D eigenvalue weighted by molar-refractivity contribution is 5.81. The molecule has 4 N–H and O–H groups in total. The topological polar surface area (TPSA) is 101 Å². The second-order valence-corrected chi connectivity index (χ2v) is 5.91. The number of benzene rings is 1. The maximum Gasteiger partial charge on any atom is 0.211 e. The Labute approximate surface area is 152 Å². The summed E-state index contributed by atoms with van der Waals surface area (Å²) in [4.78, 5) is 17.2. The minimum absolute atomic E-state index is 0.515. The van der Waals surface area contributed by atoms with E-state index in [-0.39, 0.29) is 0 Å². The number of carbonyl (C=O) groups is 1. The molecule has 2 aromatic heterocycles. The Morgan fingerprint density at radius 1 is 1.19 bits per heavy atom. The second kappa shape index (κ2) is 8.19. The highest BCUT2D eigenvalue weighted by Gasteiger charge is 2.17. The zero-order valence-electron chi connectivity index (χ0n) is 14.7. The standard InChI is InChI=1S/C11H14N6O.C7H9N/c12-9-5-10(16-3-1-2-4-16)15-11-8(13-7-18)6-14-17(9)11;1-8-7-5-3-2-4-6-7/h5-7H,1-4,12H2,(H,13,18);2-6,8H,1H3. The lowest BCUT2D eigenvalue weighted by Crippen LogP contribution is -2.20. The van der Waals surface area contributed by atoms with Crippen molar-refractivity contribution in [3.63, 3.8) is 0 Å². The van der Waals surface area contributed by atoms with Gasteiger partial charge in [-0.3, -0.25) is 4.79 Å². The van der Waals surface area contributed by atoms with Crippen LogP contribution in [0.2, 0.25) is 0 Å². The number of hydrogen-bond donors (Lipinski definition) is 3. The summed E-state index contributed by atoms with van der Waals surface area (Å²) in [5.74, 6) is 1.35. The number of nitrogens with one attached hydrogen (secondary N) is 2. The molecule has 0 aliphatic carbocycles. The number of fused-ring (bicyclic) bond motifs is 1. The van der Waals surface area contributed by atoms with E-state index in [2.05, 4.69) is 25.6 Å². The van der Waals surface area contributed by atoms with Gasteiger partial charge in [0.25, 0.3) is 0 Å². The monoisotopic (exact) mass is 353 g/mol. The predicted molar refractivity (Wildman–Crippen MR) is 105 cm³/mol. The number of nitrogen functional groups attached to an aromatic ring is 1. The fourth-order valence-electron chi connectivity index (χ4n) is 2.85. The summed E-state index contributed by atoms with van der Waals surface area (Å²) in [6, 6.07) is 11.9. The molecular weight excluding hydrogens is 330 g/mol. The van der Waals surface area contributed by atoms with Gasteiger partial charge in [-0.25, -0.2) is 4.98 Å². The van der Waals surface area contributed by atoms with Crippen molar-refractivity contribution in [1.82, 2.24) is 14.6 Å². The van der Waals surface area contributed by atoms with Crippen molar-refractivity contribution in [3.8, 4) is 0 Å². The number of aromatic nitrogens is 3. The van der Waals surface area contributed by atoms with Crippen LogP contribution in [0.25, 0.3) is 5.65 Å². The average molecular weight is 353 g/mol. The number of rotatable bonds is 4. The van der Waals surface area contributed by atoms with Crippen LogP contribution >= 0.6 is 0 Å². The van der Waals surface area contributed by atoms with Crippen LogP contribution in [-0.4, -0.2) is 41.1 Å². The van der Waals surface area contributed by atoms with Gasteiger partial charge < -0.3 is 21.3 Å². The molecule has 0 unspecified atom stereocenters. The van der Waals surface area contributed by atoms with E-state index >= 15 is 0 Å². The summed E-state index contributed by atoms with van der Waals surface area (Å²) < 4.78 is 1.52. The summed E-state index contributed by atoms with van der Waals surface area (Å²) in [7, 11) is 1.91. The van der Waals surface area contributed by atoms with E-state index in [1.54, 1.807) is 6.20 Å². The Balaban J connectivity index is 0.000000206. The van der Waals surface area contributed by atoms with Crippen molar-refractivity contribution in [2.75, 3.05) is 41.4 Å². The van der Waals surface area contributed by atoms with E-state index in [0.29, 0.717) is 23.6 Å². The van der Waals surface area contributed by atoms with Gasteiger partial charge in [0.15, 0.2) is 5.65 Å². The normalized spacial score (nSPS) is 13.2. The number of nitrogens with two attached hydrogens (primary N) is 1. The third-order valence-corrected chi connectivity index (χ3v) is 4.19. The van der Waals surface area contributed by atoms with Gasteiger partial charge in [-0.15, -0.1) is 0 Å². The molecule has 0 saturated carbocycles. The minimum Gasteiger partial charge on any atom is -0.388 e. The number of amides is 1. The van der Waals surface area contributed by atoms with Gasteiger partial charge in [0, 0.05) is 31.9 Å². The Morgan fingerprint density at radius 3 is 2.54 bits per heavy atom. The molecule has 136 valence electrons. The fraction of sp³-hybridized carbons (Fsp3) is 0.278.